The van der Waals surface area contributed by atoms with Crippen molar-refractivity contribution in [1.29, 1.82) is 0 Å². The largest absolute Gasteiger partial charge is 0.401 e. The fraction of sp³-hybridized carbons (Fsp3) is 0.875. The molecule has 15 heavy (non-hydrogen) atoms. The van der Waals surface area contributed by atoms with Crippen LogP contribution >= 0.6 is 0 Å². The molecule has 0 spiro atoms. The van der Waals surface area contributed by atoms with Gasteiger partial charge >= 0.3 is 6.18 Å². The average molecular weight is 226 g/mol. The molecule has 0 aliphatic carbocycles. The highest BCUT2D eigenvalue weighted by Gasteiger charge is 2.34. The summed E-state index contributed by atoms with van der Waals surface area (Å²) < 4.78 is 40.8. The van der Waals surface area contributed by atoms with Crippen molar-refractivity contribution in [2.75, 3.05) is 19.8 Å². The first-order valence-electron chi connectivity index (χ1n) is 4.57. The number of ether oxygens (including phenoxy) is 1. The number of nitrogens with two attached hydrogens (primary N) is 1. The standard InChI is InChI=1S/C8H13F3N2O2/c9-8(10,11)4-13-6(7(12)14)5-1-2-15-3-5/h5-6,13H,1-4H2,(H2,12,14). The summed E-state index contributed by atoms with van der Waals surface area (Å²) in [6, 6.07) is -0.964. The van der Waals surface area contributed by atoms with Crippen molar-refractivity contribution < 1.29 is 22.7 Å². The van der Waals surface area contributed by atoms with E-state index < -0.39 is 24.7 Å². The van der Waals surface area contributed by atoms with Gasteiger partial charge in [0.25, 0.3) is 0 Å². The Morgan fingerprint density at radius 2 is 2.27 bits per heavy atom. The molecular weight excluding hydrogens is 213 g/mol. The third-order valence-corrected chi connectivity index (χ3v) is 2.27. The maximum absolute atomic E-state index is 11.9. The third kappa shape index (κ3) is 4.05. The molecule has 3 N–H and O–H groups in total. The SMILES string of the molecule is NC(=O)C(NCC(F)(F)F)C1CCOC1. The van der Waals surface area contributed by atoms with Gasteiger partial charge in [-0.05, 0) is 6.42 Å². The maximum atomic E-state index is 11.9. The van der Waals surface area contributed by atoms with Crippen molar-refractivity contribution in [1.82, 2.24) is 5.32 Å². The lowest BCUT2D eigenvalue weighted by Gasteiger charge is -2.21. The fourth-order valence-corrected chi connectivity index (χ4v) is 1.54. The van der Waals surface area contributed by atoms with E-state index in [0.717, 1.165) is 0 Å². The summed E-state index contributed by atoms with van der Waals surface area (Å²) in [5, 5.41) is 2.12. The Labute approximate surface area is 84.9 Å². The van der Waals surface area contributed by atoms with Crippen LogP contribution in [0.3, 0.4) is 0 Å². The van der Waals surface area contributed by atoms with Crippen molar-refractivity contribution in [3.63, 3.8) is 0 Å². The monoisotopic (exact) mass is 226 g/mol. The molecule has 0 aromatic rings. The first kappa shape index (κ1) is 12.3. The number of hydrogen-bond donors (Lipinski definition) is 2. The van der Waals surface area contributed by atoms with E-state index in [4.69, 9.17) is 10.5 Å². The van der Waals surface area contributed by atoms with Gasteiger partial charge in [-0.2, -0.15) is 13.2 Å². The van der Waals surface area contributed by atoms with Gasteiger partial charge in [0, 0.05) is 12.5 Å². The van der Waals surface area contributed by atoms with E-state index in [9.17, 15) is 18.0 Å². The first-order valence-corrected chi connectivity index (χ1v) is 4.57. The molecule has 88 valence electrons. The minimum atomic E-state index is -4.34. The lowest BCUT2D eigenvalue weighted by atomic mass is 9.98. The zero-order valence-electron chi connectivity index (χ0n) is 8.01. The number of hydrogen-bond acceptors (Lipinski definition) is 3. The summed E-state index contributed by atoms with van der Waals surface area (Å²) in [5.74, 6) is -1.03. The Balaban J connectivity index is 2.47. The van der Waals surface area contributed by atoms with Crippen molar-refractivity contribution >= 4 is 5.91 Å². The van der Waals surface area contributed by atoms with E-state index in [1.54, 1.807) is 0 Å². The second kappa shape index (κ2) is 4.80. The van der Waals surface area contributed by atoms with Crippen LogP contribution in [0.25, 0.3) is 0 Å². The lowest BCUT2D eigenvalue weighted by Crippen LogP contribution is -2.49. The average Bonchev–Trinajstić information content (AvgIpc) is 2.54. The highest BCUT2D eigenvalue weighted by molar-refractivity contribution is 5.80. The molecule has 1 aliphatic heterocycles. The van der Waals surface area contributed by atoms with E-state index in [-0.39, 0.29) is 12.5 Å². The zero-order valence-corrected chi connectivity index (χ0v) is 8.01. The van der Waals surface area contributed by atoms with Gasteiger partial charge in [0.15, 0.2) is 0 Å². The molecule has 7 heteroatoms. The van der Waals surface area contributed by atoms with Gasteiger partial charge in [-0.3, -0.25) is 10.1 Å². The van der Waals surface area contributed by atoms with Crippen LogP contribution in [0.1, 0.15) is 6.42 Å². The van der Waals surface area contributed by atoms with Gasteiger partial charge in [0.2, 0.25) is 5.91 Å². The predicted octanol–water partition coefficient (Wildman–Crippen LogP) is 0.0287. The van der Waals surface area contributed by atoms with Crippen LogP contribution in [0.5, 0.6) is 0 Å². The molecule has 0 aromatic carbocycles. The second-order valence-corrected chi connectivity index (χ2v) is 3.50. The van der Waals surface area contributed by atoms with Crippen LogP contribution in [0.4, 0.5) is 13.2 Å². The topological polar surface area (TPSA) is 64.4 Å². The molecule has 1 saturated heterocycles. The van der Waals surface area contributed by atoms with Crippen LogP contribution in [0.2, 0.25) is 0 Å². The lowest BCUT2D eigenvalue weighted by molar-refractivity contribution is -0.132. The molecule has 0 radical (unpaired) electrons. The van der Waals surface area contributed by atoms with Crippen molar-refractivity contribution in [3.8, 4) is 0 Å². The Kier molecular flexibility index (Phi) is 3.92. The zero-order chi connectivity index (χ0) is 11.5. The summed E-state index contributed by atoms with van der Waals surface area (Å²) in [6.45, 7) is -0.474. The molecule has 1 aliphatic rings. The Morgan fingerprint density at radius 1 is 1.60 bits per heavy atom. The Hall–Kier alpha value is -0.820. The van der Waals surface area contributed by atoms with Crippen LogP contribution in [-0.4, -0.2) is 37.9 Å². The van der Waals surface area contributed by atoms with Gasteiger partial charge in [0.1, 0.15) is 0 Å². The Morgan fingerprint density at radius 3 is 2.67 bits per heavy atom. The number of carbonyl (C=O) groups is 1. The van der Waals surface area contributed by atoms with Crippen LogP contribution in [-0.2, 0) is 9.53 Å². The summed E-state index contributed by atoms with van der Waals surface area (Å²) in [7, 11) is 0. The number of rotatable bonds is 4. The summed E-state index contributed by atoms with van der Waals surface area (Å²) in [6.07, 6.45) is -3.79. The number of carbonyl (C=O) groups excluding carboxylic acids is 1. The molecule has 1 amide bonds. The van der Waals surface area contributed by atoms with Gasteiger partial charge in [-0.1, -0.05) is 0 Å². The van der Waals surface area contributed by atoms with E-state index in [0.29, 0.717) is 13.0 Å². The molecule has 1 heterocycles. The van der Waals surface area contributed by atoms with Gasteiger partial charge in [0.05, 0.1) is 19.2 Å². The van der Waals surface area contributed by atoms with Crippen molar-refractivity contribution in [2.24, 2.45) is 11.7 Å². The highest BCUT2D eigenvalue weighted by atomic mass is 19.4. The van der Waals surface area contributed by atoms with Crippen molar-refractivity contribution in [2.45, 2.75) is 18.6 Å². The summed E-state index contributed by atoms with van der Waals surface area (Å²) >= 11 is 0. The molecule has 1 fully saturated rings. The second-order valence-electron chi connectivity index (χ2n) is 3.50. The number of alkyl halides is 3. The van der Waals surface area contributed by atoms with Gasteiger partial charge in [-0.15, -0.1) is 0 Å². The van der Waals surface area contributed by atoms with Gasteiger partial charge < -0.3 is 10.5 Å². The van der Waals surface area contributed by atoms with Crippen LogP contribution in [0, 0.1) is 5.92 Å². The molecule has 2 unspecified atom stereocenters. The van der Waals surface area contributed by atoms with E-state index in [2.05, 4.69) is 5.32 Å². The van der Waals surface area contributed by atoms with E-state index in [1.165, 1.54) is 0 Å². The maximum Gasteiger partial charge on any atom is 0.401 e. The minimum absolute atomic E-state index is 0.259. The molecule has 2 atom stereocenters. The molecule has 0 aromatic heterocycles. The minimum Gasteiger partial charge on any atom is -0.381 e. The smallest absolute Gasteiger partial charge is 0.381 e. The first-order chi connectivity index (χ1) is 6.90. The third-order valence-electron chi connectivity index (χ3n) is 2.27. The van der Waals surface area contributed by atoms with Crippen molar-refractivity contribution in [3.05, 3.63) is 0 Å². The predicted molar refractivity (Wildman–Crippen MR) is 46.0 cm³/mol. The Bertz CT molecular complexity index is 226. The van der Waals surface area contributed by atoms with Gasteiger partial charge in [-0.25, -0.2) is 0 Å². The summed E-state index contributed by atoms with van der Waals surface area (Å²) in [4.78, 5) is 10.9. The molecule has 0 bridgehead atoms. The van der Waals surface area contributed by atoms with Crippen LogP contribution in [0.15, 0.2) is 0 Å². The quantitative estimate of drug-likeness (QED) is 0.710. The summed E-state index contributed by atoms with van der Waals surface area (Å²) in [5.41, 5.74) is 5.02. The number of nitrogens with one attached hydrogen (secondary N) is 1. The fourth-order valence-electron chi connectivity index (χ4n) is 1.54. The molecule has 0 saturated carbocycles. The molecule has 1 rings (SSSR count). The molecular formula is C8H13F3N2O2. The highest BCUT2D eigenvalue weighted by Crippen LogP contribution is 2.18. The normalized spacial score (nSPS) is 24.1. The molecule has 4 nitrogen and oxygen atoms in total. The van der Waals surface area contributed by atoms with E-state index in [1.807, 2.05) is 0 Å². The number of primary amides is 1. The number of halogens is 3. The van der Waals surface area contributed by atoms with Crippen LogP contribution < -0.4 is 11.1 Å². The number of amides is 1. The van der Waals surface area contributed by atoms with E-state index >= 15 is 0 Å².